The molecular formula is C21H26N2O4S. The van der Waals surface area contributed by atoms with Gasteiger partial charge in [-0.1, -0.05) is 31.0 Å². The van der Waals surface area contributed by atoms with Crippen LogP contribution >= 0.6 is 11.3 Å². The maximum absolute atomic E-state index is 12.6. The standard InChI is InChI=1S/C21H26N2O4S/c1-5-7-11-22-19(25)17-14(4)16(21(26)27-6-2)20(28-17)23-18(24)15-10-8-9-13(3)12-15/h8-10,12H,5-7,11H2,1-4H3,(H,22,25)(H,23,24). The predicted molar refractivity (Wildman–Crippen MR) is 111 cm³/mol. The Morgan fingerprint density at radius 2 is 1.86 bits per heavy atom. The second kappa shape index (κ2) is 10.0. The highest BCUT2D eigenvalue weighted by atomic mass is 32.1. The van der Waals surface area contributed by atoms with Crippen molar-refractivity contribution in [3.63, 3.8) is 0 Å². The summed E-state index contributed by atoms with van der Waals surface area (Å²) < 4.78 is 5.13. The number of unbranched alkanes of at least 4 members (excludes halogenated alkanes) is 1. The molecule has 2 aromatic rings. The summed E-state index contributed by atoms with van der Waals surface area (Å²) in [5.41, 5.74) is 2.18. The fourth-order valence-electron chi connectivity index (χ4n) is 2.69. The maximum Gasteiger partial charge on any atom is 0.341 e. The molecule has 1 heterocycles. The van der Waals surface area contributed by atoms with E-state index in [9.17, 15) is 14.4 Å². The molecule has 0 saturated heterocycles. The van der Waals surface area contributed by atoms with Gasteiger partial charge in [-0.3, -0.25) is 9.59 Å². The Morgan fingerprint density at radius 3 is 2.50 bits per heavy atom. The lowest BCUT2D eigenvalue weighted by atomic mass is 10.1. The molecule has 0 aliphatic rings. The van der Waals surface area contributed by atoms with E-state index < -0.39 is 5.97 Å². The van der Waals surface area contributed by atoms with E-state index in [0.29, 0.717) is 27.5 Å². The van der Waals surface area contributed by atoms with Gasteiger partial charge in [0, 0.05) is 12.1 Å². The Morgan fingerprint density at radius 1 is 1.11 bits per heavy atom. The van der Waals surface area contributed by atoms with E-state index in [1.54, 1.807) is 32.0 Å². The number of nitrogens with one attached hydrogen (secondary N) is 2. The van der Waals surface area contributed by atoms with Gasteiger partial charge in [0.05, 0.1) is 17.0 Å². The number of hydrogen-bond donors (Lipinski definition) is 2. The van der Waals surface area contributed by atoms with Gasteiger partial charge in [-0.2, -0.15) is 0 Å². The Bertz CT molecular complexity index is 873. The zero-order valence-corrected chi connectivity index (χ0v) is 17.5. The average Bonchev–Trinajstić information content (AvgIpc) is 2.98. The average molecular weight is 403 g/mol. The van der Waals surface area contributed by atoms with Crippen LogP contribution in [0.4, 0.5) is 5.00 Å². The highest BCUT2D eigenvalue weighted by molar-refractivity contribution is 7.18. The summed E-state index contributed by atoms with van der Waals surface area (Å²) in [5, 5.41) is 5.95. The van der Waals surface area contributed by atoms with Crippen LogP contribution in [0, 0.1) is 13.8 Å². The van der Waals surface area contributed by atoms with E-state index in [1.165, 1.54) is 0 Å². The molecule has 0 aliphatic carbocycles. The van der Waals surface area contributed by atoms with Crippen molar-refractivity contribution in [2.75, 3.05) is 18.5 Å². The van der Waals surface area contributed by atoms with Crippen LogP contribution in [-0.4, -0.2) is 30.9 Å². The number of hydrogen-bond acceptors (Lipinski definition) is 5. The first-order valence-corrected chi connectivity index (χ1v) is 10.2. The fourth-order valence-corrected chi connectivity index (χ4v) is 3.79. The van der Waals surface area contributed by atoms with Crippen LogP contribution in [0.1, 0.15) is 68.2 Å². The summed E-state index contributed by atoms with van der Waals surface area (Å²) in [7, 11) is 0. The van der Waals surface area contributed by atoms with Crippen molar-refractivity contribution in [3.05, 3.63) is 51.4 Å². The minimum atomic E-state index is -0.552. The number of anilines is 1. The lowest BCUT2D eigenvalue weighted by Gasteiger charge is -2.07. The Balaban J connectivity index is 2.35. The molecule has 2 amide bonds. The molecule has 0 spiro atoms. The first-order valence-electron chi connectivity index (χ1n) is 9.35. The molecule has 7 heteroatoms. The van der Waals surface area contributed by atoms with E-state index in [4.69, 9.17) is 4.74 Å². The third-order valence-corrected chi connectivity index (χ3v) is 5.36. The van der Waals surface area contributed by atoms with E-state index >= 15 is 0 Å². The monoisotopic (exact) mass is 402 g/mol. The number of aryl methyl sites for hydroxylation is 1. The van der Waals surface area contributed by atoms with Crippen molar-refractivity contribution >= 4 is 34.1 Å². The number of benzene rings is 1. The van der Waals surface area contributed by atoms with Gasteiger partial charge in [-0.15, -0.1) is 11.3 Å². The van der Waals surface area contributed by atoms with Crippen molar-refractivity contribution in [1.29, 1.82) is 0 Å². The predicted octanol–water partition coefficient (Wildman–Crippen LogP) is 4.32. The van der Waals surface area contributed by atoms with E-state index in [1.807, 2.05) is 19.9 Å². The summed E-state index contributed by atoms with van der Waals surface area (Å²) in [6.45, 7) is 8.11. The SMILES string of the molecule is CCCCNC(=O)c1sc(NC(=O)c2cccc(C)c2)c(C(=O)OCC)c1C. The van der Waals surface area contributed by atoms with Gasteiger partial charge >= 0.3 is 5.97 Å². The summed E-state index contributed by atoms with van der Waals surface area (Å²) >= 11 is 1.09. The molecule has 0 bridgehead atoms. The number of carbonyl (C=O) groups is 3. The second-order valence-electron chi connectivity index (χ2n) is 6.41. The van der Waals surface area contributed by atoms with E-state index in [-0.39, 0.29) is 24.0 Å². The van der Waals surface area contributed by atoms with E-state index in [2.05, 4.69) is 10.6 Å². The van der Waals surface area contributed by atoms with Crippen LogP contribution in [0.25, 0.3) is 0 Å². The zero-order chi connectivity index (χ0) is 20.7. The van der Waals surface area contributed by atoms with Crippen LogP contribution < -0.4 is 10.6 Å². The van der Waals surface area contributed by atoms with Crippen LogP contribution in [-0.2, 0) is 4.74 Å². The molecule has 6 nitrogen and oxygen atoms in total. The Kier molecular flexibility index (Phi) is 7.75. The summed E-state index contributed by atoms with van der Waals surface area (Å²) in [5.74, 6) is -1.14. The van der Waals surface area contributed by atoms with Crippen molar-refractivity contribution in [3.8, 4) is 0 Å². The normalized spacial score (nSPS) is 10.4. The first-order chi connectivity index (χ1) is 13.4. The number of amides is 2. The highest BCUT2D eigenvalue weighted by Gasteiger charge is 2.26. The molecule has 0 fully saturated rings. The third kappa shape index (κ3) is 5.19. The van der Waals surface area contributed by atoms with Crippen LogP contribution in [0.2, 0.25) is 0 Å². The highest BCUT2D eigenvalue weighted by Crippen LogP contribution is 2.34. The van der Waals surface area contributed by atoms with Crippen molar-refractivity contribution < 1.29 is 19.1 Å². The van der Waals surface area contributed by atoms with Gasteiger partial charge in [-0.25, -0.2) is 4.79 Å². The van der Waals surface area contributed by atoms with Crippen molar-refractivity contribution in [2.45, 2.75) is 40.5 Å². The maximum atomic E-state index is 12.6. The molecule has 0 unspecified atom stereocenters. The molecule has 2 N–H and O–H groups in total. The van der Waals surface area contributed by atoms with Crippen molar-refractivity contribution in [1.82, 2.24) is 5.32 Å². The molecule has 28 heavy (non-hydrogen) atoms. The minimum absolute atomic E-state index is 0.206. The van der Waals surface area contributed by atoms with Gasteiger partial charge in [0.2, 0.25) is 0 Å². The topological polar surface area (TPSA) is 84.5 Å². The lowest BCUT2D eigenvalue weighted by molar-refractivity contribution is 0.0527. The molecule has 0 saturated carbocycles. The summed E-state index contributed by atoms with van der Waals surface area (Å²) in [4.78, 5) is 38.0. The van der Waals surface area contributed by atoms with Gasteiger partial charge in [-0.05, 0) is 44.9 Å². The summed E-state index contributed by atoms with van der Waals surface area (Å²) in [6.07, 6.45) is 1.84. The van der Waals surface area contributed by atoms with Gasteiger partial charge in [0.1, 0.15) is 5.00 Å². The molecule has 0 radical (unpaired) electrons. The minimum Gasteiger partial charge on any atom is -0.462 e. The van der Waals surface area contributed by atoms with Gasteiger partial charge < -0.3 is 15.4 Å². The van der Waals surface area contributed by atoms with Crippen molar-refractivity contribution in [2.24, 2.45) is 0 Å². The summed E-state index contributed by atoms with van der Waals surface area (Å²) in [6, 6.07) is 7.15. The van der Waals surface area contributed by atoms with Crippen LogP contribution in [0.5, 0.6) is 0 Å². The lowest BCUT2D eigenvalue weighted by Crippen LogP contribution is -2.24. The fraction of sp³-hybridized carbons (Fsp3) is 0.381. The Hall–Kier alpha value is -2.67. The molecule has 0 aliphatic heterocycles. The second-order valence-corrected chi connectivity index (χ2v) is 7.43. The smallest absolute Gasteiger partial charge is 0.341 e. The number of rotatable bonds is 8. The van der Waals surface area contributed by atoms with Gasteiger partial charge in [0.15, 0.2) is 0 Å². The third-order valence-electron chi connectivity index (χ3n) is 4.16. The van der Waals surface area contributed by atoms with Crippen LogP contribution in [0.15, 0.2) is 24.3 Å². The first kappa shape index (κ1) is 21.6. The molecule has 1 aromatic heterocycles. The quantitative estimate of drug-likeness (QED) is 0.509. The number of ether oxygens (including phenoxy) is 1. The Labute approximate surface area is 169 Å². The molecule has 0 atom stereocenters. The zero-order valence-electron chi connectivity index (χ0n) is 16.7. The van der Waals surface area contributed by atoms with Gasteiger partial charge in [0.25, 0.3) is 11.8 Å². The van der Waals surface area contributed by atoms with Crippen LogP contribution in [0.3, 0.4) is 0 Å². The van der Waals surface area contributed by atoms with E-state index in [0.717, 1.165) is 29.7 Å². The number of carbonyl (C=O) groups excluding carboxylic acids is 3. The molecule has 2 rings (SSSR count). The molecule has 150 valence electrons. The molecule has 1 aromatic carbocycles. The number of esters is 1. The largest absolute Gasteiger partial charge is 0.462 e. The number of thiophene rings is 1. The molecular weight excluding hydrogens is 376 g/mol.